The molecule has 1 spiro atoms. The summed E-state index contributed by atoms with van der Waals surface area (Å²) in [7, 11) is 0. The lowest BCUT2D eigenvalue weighted by atomic mass is 9.86. The predicted molar refractivity (Wildman–Crippen MR) is 59.2 cm³/mol. The van der Waals surface area contributed by atoms with Crippen LogP contribution >= 0.6 is 0 Å². The van der Waals surface area contributed by atoms with Gasteiger partial charge in [-0.15, -0.1) is 0 Å². The number of allylic oxidation sites excluding steroid dienone is 1. The van der Waals surface area contributed by atoms with Crippen molar-refractivity contribution in [2.24, 2.45) is 11.3 Å². The molecular formula is C13H22O. The van der Waals surface area contributed by atoms with Crippen LogP contribution in [-0.2, 0) is 4.74 Å². The third-order valence-corrected chi connectivity index (χ3v) is 3.90. The van der Waals surface area contributed by atoms with E-state index in [0.717, 1.165) is 12.5 Å². The Balaban J connectivity index is 2.15. The second-order valence-electron chi connectivity index (χ2n) is 5.83. The summed E-state index contributed by atoms with van der Waals surface area (Å²) in [5.41, 5.74) is 0.663. The van der Waals surface area contributed by atoms with E-state index in [1.54, 1.807) is 0 Å². The van der Waals surface area contributed by atoms with Gasteiger partial charge in [0.15, 0.2) is 0 Å². The first kappa shape index (κ1) is 10.2. The zero-order chi connectivity index (χ0) is 10.2. The Labute approximate surface area is 87.5 Å². The van der Waals surface area contributed by atoms with Crippen LogP contribution in [-0.4, -0.2) is 12.2 Å². The Morgan fingerprint density at radius 1 is 1.29 bits per heavy atom. The Morgan fingerprint density at radius 2 is 2.07 bits per heavy atom. The zero-order valence-electron chi connectivity index (χ0n) is 9.68. The van der Waals surface area contributed by atoms with Crippen LogP contribution in [0, 0.1) is 11.3 Å². The van der Waals surface area contributed by atoms with Gasteiger partial charge in [0.05, 0.1) is 12.2 Å². The molecule has 0 amide bonds. The highest BCUT2D eigenvalue weighted by Gasteiger charge is 2.48. The SMILES string of the molecule is C[C@@H]1CC(C)(C)C[C@@]12CCC=CCO2. The van der Waals surface area contributed by atoms with Gasteiger partial charge in [0, 0.05) is 0 Å². The van der Waals surface area contributed by atoms with Crippen molar-refractivity contribution in [1.82, 2.24) is 0 Å². The van der Waals surface area contributed by atoms with E-state index in [0.29, 0.717) is 5.41 Å². The quantitative estimate of drug-likeness (QED) is 0.536. The second kappa shape index (κ2) is 3.37. The molecule has 0 N–H and O–H groups in total. The van der Waals surface area contributed by atoms with E-state index in [9.17, 15) is 0 Å². The van der Waals surface area contributed by atoms with Crippen molar-refractivity contribution in [3.63, 3.8) is 0 Å². The van der Waals surface area contributed by atoms with Crippen molar-refractivity contribution in [3.8, 4) is 0 Å². The van der Waals surface area contributed by atoms with E-state index in [4.69, 9.17) is 4.74 Å². The fourth-order valence-corrected chi connectivity index (χ4v) is 3.40. The average molecular weight is 194 g/mol. The van der Waals surface area contributed by atoms with Crippen LogP contribution < -0.4 is 0 Å². The molecule has 1 fully saturated rings. The molecule has 0 aromatic rings. The van der Waals surface area contributed by atoms with Gasteiger partial charge in [0.2, 0.25) is 0 Å². The topological polar surface area (TPSA) is 9.23 Å². The van der Waals surface area contributed by atoms with Crippen molar-refractivity contribution in [2.75, 3.05) is 6.61 Å². The van der Waals surface area contributed by atoms with Crippen LogP contribution in [0.2, 0.25) is 0 Å². The summed E-state index contributed by atoms with van der Waals surface area (Å²) >= 11 is 0. The lowest BCUT2D eigenvalue weighted by Crippen LogP contribution is -2.35. The van der Waals surface area contributed by atoms with E-state index in [2.05, 4.69) is 32.9 Å². The van der Waals surface area contributed by atoms with Crippen LogP contribution in [0.4, 0.5) is 0 Å². The van der Waals surface area contributed by atoms with Crippen LogP contribution in [0.5, 0.6) is 0 Å². The summed E-state index contributed by atoms with van der Waals surface area (Å²) in [6, 6.07) is 0. The van der Waals surface area contributed by atoms with Crippen LogP contribution in [0.1, 0.15) is 46.5 Å². The first-order chi connectivity index (χ1) is 6.54. The number of rotatable bonds is 0. The Morgan fingerprint density at radius 3 is 2.71 bits per heavy atom. The predicted octanol–water partition coefficient (Wildman–Crippen LogP) is 3.55. The molecule has 0 saturated heterocycles. The first-order valence-electron chi connectivity index (χ1n) is 5.83. The molecule has 1 heteroatoms. The summed E-state index contributed by atoms with van der Waals surface area (Å²) in [6.07, 6.45) is 9.41. The molecule has 2 rings (SSSR count). The van der Waals surface area contributed by atoms with Crippen molar-refractivity contribution in [1.29, 1.82) is 0 Å². The van der Waals surface area contributed by atoms with Gasteiger partial charge in [0.25, 0.3) is 0 Å². The zero-order valence-corrected chi connectivity index (χ0v) is 9.68. The number of hydrogen-bond acceptors (Lipinski definition) is 1. The molecular weight excluding hydrogens is 172 g/mol. The molecule has 0 aromatic carbocycles. The van der Waals surface area contributed by atoms with Crippen LogP contribution in [0.3, 0.4) is 0 Å². The van der Waals surface area contributed by atoms with E-state index in [1.807, 2.05) is 0 Å². The minimum atomic E-state index is 0.188. The molecule has 2 aliphatic rings. The number of hydrogen-bond donors (Lipinski definition) is 0. The fourth-order valence-electron chi connectivity index (χ4n) is 3.40. The third kappa shape index (κ3) is 1.75. The maximum absolute atomic E-state index is 6.11. The van der Waals surface area contributed by atoms with Crippen molar-refractivity contribution in [2.45, 2.75) is 52.1 Å². The molecule has 80 valence electrons. The molecule has 1 aliphatic heterocycles. The number of ether oxygens (including phenoxy) is 1. The van der Waals surface area contributed by atoms with Crippen LogP contribution in [0.15, 0.2) is 12.2 Å². The van der Waals surface area contributed by atoms with Gasteiger partial charge >= 0.3 is 0 Å². The molecule has 2 atom stereocenters. The van der Waals surface area contributed by atoms with Gasteiger partial charge in [-0.2, -0.15) is 0 Å². The maximum atomic E-state index is 6.11. The Bertz CT molecular complexity index is 230. The van der Waals surface area contributed by atoms with Gasteiger partial charge in [0.1, 0.15) is 0 Å². The summed E-state index contributed by atoms with van der Waals surface area (Å²) < 4.78 is 6.11. The highest BCUT2D eigenvalue weighted by Crippen LogP contribution is 2.51. The standard InChI is InChI=1S/C13H22O/c1-11-9-12(2,3)10-13(11)7-5-4-6-8-14-13/h4,6,11H,5,7-10H2,1-3H3/t11-,13+/m1/s1. The van der Waals surface area contributed by atoms with E-state index < -0.39 is 0 Å². The summed E-state index contributed by atoms with van der Waals surface area (Å²) in [5.74, 6) is 0.720. The third-order valence-electron chi connectivity index (χ3n) is 3.90. The van der Waals surface area contributed by atoms with Gasteiger partial charge in [-0.25, -0.2) is 0 Å². The van der Waals surface area contributed by atoms with Crippen molar-refractivity contribution >= 4 is 0 Å². The molecule has 1 heterocycles. The monoisotopic (exact) mass is 194 g/mol. The lowest BCUT2D eigenvalue weighted by Gasteiger charge is -2.33. The largest absolute Gasteiger partial charge is 0.371 e. The average Bonchev–Trinajstić information content (AvgIpc) is 2.24. The summed E-state index contributed by atoms with van der Waals surface area (Å²) in [6.45, 7) is 7.93. The van der Waals surface area contributed by atoms with E-state index >= 15 is 0 Å². The molecule has 0 radical (unpaired) electrons. The highest BCUT2D eigenvalue weighted by molar-refractivity contribution is 5.03. The van der Waals surface area contributed by atoms with Gasteiger partial charge < -0.3 is 4.74 Å². The smallest absolute Gasteiger partial charge is 0.0720 e. The molecule has 1 aliphatic carbocycles. The van der Waals surface area contributed by atoms with Gasteiger partial charge in [-0.1, -0.05) is 32.9 Å². The normalized spacial score (nSPS) is 41.5. The Kier molecular flexibility index (Phi) is 2.46. The molecule has 1 saturated carbocycles. The molecule has 1 nitrogen and oxygen atoms in total. The second-order valence-corrected chi connectivity index (χ2v) is 5.83. The minimum absolute atomic E-state index is 0.188. The van der Waals surface area contributed by atoms with Crippen molar-refractivity contribution in [3.05, 3.63) is 12.2 Å². The maximum Gasteiger partial charge on any atom is 0.0720 e. The fraction of sp³-hybridized carbons (Fsp3) is 0.846. The van der Waals surface area contributed by atoms with Gasteiger partial charge in [-0.05, 0) is 37.0 Å². The molecule has 0 unspecified atom stereocenters. The van der Waals surface area contributed by atoms with E-state index in [1.165, 1.54) is 25.7 Å². The molecule has 0 aromatic heterocycles. The highest BCUT2D eigenvalue weighted by atomic mass is 16.5. The lowest BCUT2D eigenvalue weighted by molar-refractivity contribution is -0.0612. The van der Waals surface area contributed by atoms with Crippen molar-refractivity contribution < 1.29 is 4.74 Å². The first-order valence-corrected chi connectivity index (χ1v) is 5.83. The van der Waals surface area contributed by atoms with E-state index in [-0.39, 0.29) is 5.60 Å². The Hall–Kier alpha value is -0.300. The summed E-state index contributed by atoms with van der Waals surface area (Å²) in [5, 5.41) is 0. The summed E-state index contributed by atoms with van der Waals surface area (Å²) in [4.78, 5) is 0. The van der Waals surface area contributed by atoms with Gasteiger partial charge in [-0.3, -0.25) is 0 Å². The molecule has 0 bridgehead atoms. The van der Waals surface area contributed by atoms with Crippen LogP contribution in [0.25, 0.3) is 0 Å². The minimum Gasteiger partial charge on any atom is -0.371 e. The molecule has 14 heavy (non-hydrogen) atoms.